The highest BCUT2D eigenvalue weighted by Gasteiger charge is 2.45. The summed E-state index contributed by atoms with van der Waals surface area (Å²) < 4.78 is 0. The maximum Gasteiger partial charge on any atom is 0.160 e. The van der Waals surface area contributed by atoms with Gasteiger partial charge in [-0.25, -0.2) is 0 Å². The lowest BCUT2D eigenvalue weighted by Gasteiger charge is -2.32. The zero-order valence-corrected chi connectivity index (χ0v) is 15.0. The van der Waals surface area contributed by atoms with E-state index in [0.717, 1.165) is 24.3 Å². The van der Waals surface area contributed by atoms with Gasteiger partial charge in [0.15, 0.2) is 5.17 Å². The van der Waals surface area contributed by atoms with Crippen molar-refractivity contribution in [3.8, 4) is 0 Å². The van der Waals surface area contributed by atoms with E-state index >= 15 is 0 Å². The van der Waals surface area contributed by atoms with Crippen molar-refractivity contribution >= 4 is 16.9 Å². The summed E-state index contributed by atoms with van der Waals surface area (Å²) in [4.78, 5) is 12.2. The molecule has 2 aromatic rings. The summed E-state index contributed by atoms with van der Waals surface area (Å²) in [5, 5.41) is 1.20. The van der Waals surface area contributed by atoms with Gasteiger partial charge >= 0.3 is 0 Å². The number of hydrogen-bond acceptors (Lipinski definition) is 4. The average Bonchev–Trinajstić information content (AvgIpc) is 3.21. The van der Waals surface area contributed by atoms with Crippen molar-refractivity contribution in [1.29, 1.82) is 0 Å². The van der Waals surface area contributed by atoms with Crippen LogP contribution in [0.3, 0.4) is 0 Å². The van der Waals surface area contributed by atoms with Crippen LogP contribution < -0.4 is 0 Å². The number of rotatable bonds is 4. The number of aliphatic imine (C=N–C) groups is 1. The highest BCUT2D eigenvalue weighted by molar-refractivity contribution is 8.14. The Bertz CT molecular complexity index is 726. The van der Waals surface area contributed by atoms with E-state index in [9.17, 15) is 0 Å². The summed E-state index contributed by atoms with van der Waals surface area (Å²) >= 11 is 1.90. The van der Waals surface area contributed by atoms with E-state index in [2.05, 4.69) is 60.1 Å². The minimum Gasteiger partial charge on any atom is -0.338 e. The number of nitrogens with zero attached hydrogens (tertiary/aromatic N) is 3. The van der Waals surface area contributed by atoms with Crippen molar-refractivity contribution in [2.45, 2.75) is 44.8 Å². The molecule has 2 aliphatic heterocycles. The molecule has 4 heteroatoms. The number of aryl methyl sites for hydroxylation is 1. The zero-order chi connectivity index (χ0) is 16.5. The minimum atomic E-state index is 0.0931. The third kappa shape index (κ3) is 2.63. The van der Waals surface area contributed by atoms with Crippen LogP contribution in [0.4, 0.5) is 0 Å². The van der Waals surface area contributed by atoms with E-state index in [-0.39, 0.29) is 12.1 Å². The molecule has 3 atom stereocenters. The van der Waals surface area contributed by atoms with Crippen LogP contribution in [-0.4, -0.2) is 26.8 Å². The van der Waals surface area contributed by atoms with E-state index < -0.39 is 0 Å². The van der Waals surface area contributed by atoms with Crippen LogP contribution in [0.25, 0.3) is 0 Å². The Balaban J connectivity index is 1.76. The maximum absolute atomic E-state index is 5.06. The SMILES string of the molecule is CCc1ccc([C@@H]2[C@H](c3ccccn3)N=C3SC[C@@H](CC)N32)cc1. The first kappa shape index (κ1) is 15.7. The van der Waals surface area contributed by atoms with Crippen molar-refractivity contribution in [2.75, 3.05) is 5.75 Å². The predicted molar refractivity (Wildman–Crippen MR) is 101 cm³/mol. The van der Waals surface area contributed by atoms with E-state index in [1.54, 1.807) is 0 Å². The highest BCUT2D eigenvalue weighted by Crippen LogP contribution is 2.48. The Labute approximate surface area is 148 Å². The number of amidine groups is 1. The molecule has 4 rings (SSSR count). The van der Waals surface area contributed by atoms with Gasteiger partial charge in [-0.05, 0) is 36.1 Å². The number of hydrogen-bond donors (Lipinski definition) is 0. The van der Waals surface area contributed by atoms with E-state index in [0.29, 0.717) is 6.04 Å². The van der Waals surface area contributed by atoms with Crippen LogP contribution in [-0.2, 0) is 6.42 Å². The van der Waals surface area contributed by atoms with Gasteiger partial charge in [-0.1, -0.05) is 55.9 Å². The lowest BCUT2D eigenvalue weighted by molar-refractivity contribution is 0.255. The number of benzene rings is 1. The van der Waals surface area contributed by atoms with E-state index in [1.165, 1.54) is 16.3 Å². The fourth-order valence-electron chi connectivity index (χ4n) is 3.66. The molecule has 1 saturated heterocycles. The third-order valence-electron chi connectivity index (χ3n) is 5.06. The Morgan fingerprint density at radius 2 is 1.96 bits per heavy atom. The Hall–Kier alpha value is -1.81. The van der Waals surface area contributed by atoms with Crippen molar-refractivity contribution in [3.63, 3.8) is 0 Å². The second-order valence-electron chi connectivity index (χ2n) is 6.43. The highest BCUT2D eigenvalue weighted by atomic mass is 32.2. The first-order valence-corrected chi connectivity index (χ1v) is 9.79. The lowest BCUT2D eigenvalue weighted by Crippen LogP contribution is -2.35. The lowest BCUT2D eigenvalue weighted by atomic mass is 9.94. The van der Waals surface area contributed by atoms with Crippen molar-refractivity contribution in [3.05, 3.63) is 65.5 Å². The number of thioether (sulfide) groups is 1. The van der Waals surface area contributed by atoms with Gasteiger partial charge in [-0.3, -0.25) is 9.98 Å². The molecular weight excluding hydrogens is 314 g/mol. The van der Waals surface area contributed by atoms with Crippen LogP contribution in [0, 0.1) is 0 Å². The van der Waals surface area contributed by atoms with Crippen LogP contribution in [0.15, 0.2) is 53.7 Å². The summed E-state index contributed by atoms with van der Waals surface area (Å²) in [7, 11) is 0. The first-order valence-electron chi connectivity index (χ1n) is 8.80. The predicted octanol–water partition coefficient (Wildman–Crippen LogP) is 4.62. The molecule has 124 valence electrons. The molecule has 0 radical (unpaired) electrons. The largest absolute Gasteiger partial charge is 0.338 e. The quantitative estimate of drug-likeness (QED) is 0.815. The van der Waals surface area contributed by atoms with Gasteiger partial charge in [-0.15, -0.1) is 0 Å². The van der Waals surface area contributed by atoms with Gasteiger partial charge in [0.25, 0.3) is 0 Å². The molecule has 0 N–H and O–H groups in total. The molecule has 0 aliphatic carbocycles. The van der Waals surface area contributed by atoms with Crippen LogP contribution in [0.2, 0.25) is 0 Å². The zero-order valence-electron chi connectivity index (χ0n) is 14.2. The topological polar surface area (TPSA) is 28.5 Å². The van der Waals surface area contributed by atoms with Gasteiger partial charge in [0, 0.05) is 18.0 Å². The van der Waals surface area contributed by atoms with Gasteiger partial charge in [-0.2, -0.15) is 0 Å². The van der Waals surface area contributed by atoms with Crippen molar-refractivity contribution in [2.24, 2.45) is 4.99 Å². The maximum atomic E-state index is 5.06. The summed E-state index contributed by atoms with van der Waals surface area (Å²) in [6.45, 7) is 4.48. The summed E-state index contributed by atoms with van der Waals surface area (Å²) in [5.41, 5.74) is 3.80. The van der Waals surface area contributed by atoms with Crippen LogP contribution in [0.5, 0.6) is 0 Å². The standard InChI is InChI=1S/C20H23N3S/c1-3-14-8-10-15(11-9-14)19-18(17-7-5-6-12-21-17)22-20-23(19)16(4-2)13-24-20/h5-12,16,18-19H,3-4,13H2,1-2H3/t16-,18+,19-/m1/s1. The molecule has 24 heavy (non-hydrogen) atoms. The van der Waals surface area contributed by atoms with Crippen LogP contribution >= 0.6 is 11.8 Å². The van der Waals surface area contributed by atoms with Crippen LogP contribution in [0.1, 0.15) is 49.2 Å². The second kappa shape index (κ2) is 6.60. The second-order valence-corrected chi connectivity index (χ2v) is 7.42. The van der Waals surface area contributed by atoms with Gasteiger partial charge in [0.1, 0.15) is 6.04 Å². The summed E-state index contributed by atoms with van der Waals surface area (Å²) in [5.74, 6) is 1.15. The third-order valence-corrected chi connectivity index (χ3v) is 6.18. The molecule has 0 unspecified atom stereocenters. The van der Waals surface area contributed by atoms with Crippen molar-refractivity contribution < 1.29 is 0 Å². The molecule has 0 bridgehead atoms. The molecule has 3 heterocycles. The minimum absolute atomic E-state index is 0.0931. The molecular formula is C20H23N3S. The molecule has 1 aromatic heterocycles. The molecule has 0 saturated carbocycles. The molecule has 3 nitrogen and oxygen atoms in total. The summed E-state index contributed by atoms with van der Waals surface area (Å²) in [6, 6.07) is 16.2. The molecule has 1 aromatic carbocycles. The van der Waals surface area contributed by atoms with Gasteiger partial charge < -0.3 is 4.90 Å². The van der Waals surface area contributed by atoms with E-state index in [1.807, 2.05) is 24.0 Å². The smallest absolute Gasteiger partial charge is 0.160 e. The number of aromatic nitrogens is 1. The van der Waals surface area contributed by atoms with Gasteiger partial charge in [0.05, 0.1) is 11.7 Å². The molecule has 1 fully saturated rings. The molecule has 0 amide bonds. The Morgan fingerprint density at radius 3 is 2.62 bits per heavy atom. The molecule has 0 spiro atoms. The molecule has 2 aliphatic rings. The monoisotopic (exact) mass is 337 g/mol. The van der Waals surface area contributed by atoms with Gasteiger partial charge in [0.2, 0.25) is 0 Å². The number of fused-ring (bicyclic) bond motifs is 1. The Morgan fingerprint density at radius 1 is 1.12 bits per heavy atom. The summed E-state index contributed by atoms with van der Waals surface area (Å²) in [6.07, 6.45) is 4.11. The number of pyridine rings is 1. The Kier molecular flexibility index (Phi) is 4.31. The fourth-order valence-corrected chi connectivity index (χ4v) is 5.00. The average molecular weight is 337 g/mol. The van der Waals surface area contributed by atoms with E-state index in [4.69, 9.17) is 4.99 Å². The normalized spacial score (nSPS) is 25.7. The fraction of sp³-hybridized carbons (Fsp3) is 0.400. The van der Waals surface area contributed by atoms with Crippen molar-refractivity contribution in [1.82, 2.24) is 9.88 Å². The first-order chi connectivity index (χ1) is 11.8.